The number of methoxy groups -OCH3 is 1. The first-order chi connectivity index (χ1) is 9.95. The minimum Gasteiger partial charge on any atom is -0.496 e. The van der Waals surface area contributed by atoms with E-state index in [1.807, 2.05) is 0 Å². The highest BCUT2D eigenvalue weighted by atomic mass is 35.5. The van der Waals surface area contributed by atoms with E-state index in [0.29, 0.717) is 0 Å². The number of hydrogen-bond acceptors (Lipinski definition) is 4. The van der Waals surface area contributed by atoms with Gasteiger partial charge in [-0.05, 0) is 18.2 Å². The SMILES string of the molecule is COc1cccc(F)c1C(=O)c1ncc(Cl)cc1C(N)=O. The monoisotopic (exact) mass is 308 g/mol. The molecule has 0 unspecified atom stereocenters. The van der Waals surface area contributed by atoms with Gasteiger partial charge in [-0.2, -0.15) is 0 Å². The molecule has 0 fully saturated rings. The zero-order valence-electron chi connectivity index (χ0n) is 10.9. The van der Waals surface area contributed by atoms with E-state index in [1.54, 1.807) is 0 Å². The van der Waals surface area contributed by atoms with Gasteiger partial charge >= 0.3 is 0 Å². The second-order valence-corrected chi connectivity index (χ2v) is 4.50. The third kappa shape index (κ3) is 2.85. The summed E-state index contributed by atoms with van der Waals surface area (Å²) in [4.78, 5) is 27.6. The topological polar surface area (TPSA) is 82.3 Å². The molecule has 1 aromatic carbocycles. The van der Waals surface area contributed by atoms with Gasteiger partial charge in [0.25, 0.3) is 5.91 Å². The molecule has 0 saturated heterocycles. The lowest BCUT2D eigenvalue weighted by atomic mass is 10.0. The number of aromatic nitrogens is 1. The molecule has 1 aromatic heterocycles. The van der Waals surface area contributed by atoms with Crippen LogP contribution in [0.2, 0.25) is 5.02 Å². The fourth-order valence-corrected chi connectivity index (χ4v) is 1.98. The smallest absolute Gasteiger partial charge is 0.251 e. The van der Waals surface area contributed by atoms with Gasteiger partial charge in [-0.15, -0.1) is 0 Å². The number of ketones is 1. The molecular weight excluding hydrogens is 299 g/mol. The summed E-state index contributed by atoms with van der Waals surface area (Å²) in [6.45, 7) is 0. The lowest BCUT2D eigenvalue weighted by molar-refractivity contribution is 0.0976. The molecule has 21 heavy (non-hydrogen) atoms. The van der Waals surface area contributed by atoms with E-state index in [-0.39, 0.29) is 27.6 Å². The van der Waals surface area contributed by atoms with E-state index in [4.69, 9.17) is 22.1 Å². The Morgan fingerprint density at radius 3 is 2.71 bits per heavy atom. The number of pyridine rings is 1. The van der Waals surface area contributed by atoms with E-state index in [2.05, 4.69) is 4.98 Å². The van der Waals surface area contributed by atoms with Gasteiger partial charge in [0.2, 0.25) is 5.78 Å². The van der Waals surface area contributed by atoms with Crippen LogP contribution in [-0.4, -0.2) is 23.8 Å². The van der Waals surface area contributed by atoms with Crippen molar-refractivity contribution in [3.05, 3.63) is 58.1 Å². The molecule has 2 aromatic rings. The highest BCUT2D eigenvalue weighted by molar-refractivity contribution is 6.31. The van der Waals surface area contributed by atoms with E-state index in [0.717, 1.165) is 6.07 Å². The Labute approximate surface area is 124 Å². The average Bonchev–Trinajstić information content (AvgIpc) is 2.46. The molecule has 2 N–H and O–H groups in total. The first-order valence-corrected chi connectivity index (χ1v) is 6.16. The predicted molar refractivity (Wildman–Crippen MR) is 74.1 cm³/mol. The van der Waals surface area contributed by atoms with Crippen LogP contribution in [-0.2, 0) is 0 Å². The van der Waals surface area contributed by atoms with Crippen LogP contribution >= 0.6 is 11.6 Å². The molecule has 5 nitrogen and oxygen atoms in total. The number of carbonyl (C=O) groups excluding carboxylic acids is 2. The molecule has 1 amide bonds. The molecule has 0 aliphatic rings. The molecule has 0 radical (unpaired) electrons. The number of primary amides is 1. The van der Waals surface area contributed by atoms with Crippen molar-refractivity contribution in [3.63, 3.8) is 0 Å². The Morgan fingerprint density at radius 2 is 2.10 bits per heavy atom. The average molecular weight is 309 g/mol. The molecule has 1 heterocycles. The standard InChI is InChI=1S/C14H10ClFN2O3/c1-21-10-4-2-3-9(16)11(10)13(19)12-8(14(17)20)5-7(15)6-18-12/h2-6H,1H3,(H2,17,20). The maximum atomic E-state index is 13.9. The van der Waals surface area contributed by atoms with Gasteiger partial charge in [0.05, 0.1) is 17.7 Å². The molecule has 0 spiro atoms. The summed E-state index contributed by atoms with van der Waals surface area (Å²) in [5.41, 5.74) is 4.41. The van der Waals surface area contributed by atoms with E-state index in [1.165, 1.54) is 31.5 Å². The quantitative estimate of drug-likeness (QED) is 0.878. The number of hydrogen-bond donors (Lipinski definition) is 1. The molecule has 0 atom stereocenters. The summed E-state index contributed by atoms with van der Waals surface area (Å²) in [6.07, 6.45) is 1.18. The number of ether oxygens (including phenoxy) is 1. The summed E-state index contributed by atoms with van der Waals surface area (Å²) >= 11 is 5.72. The number of amides is 1. The van der Waals surface area contributed by atoms with E-state index < -0.39 is 17.5 Å². The number of benzene rings is 1. The lowest BCUT2D eigenvalue weighted by Gasteiger charge is -2.10. The number of nitrogens with zero attached hydrogens (tertiary/aromatic N) is 1. The third-order valence-corrected chi connectivity index (χ3v) is 2.96. The van der Waals surface area contributed by atoms with Crippen LogP contribution in [0.5, 0.6) is 5.75 Å². The Kier molecular flexibility index (Phi) is 4.18. The van der Waals surface area contributed by atoms with Gasteiger partial charge in [-0.1, -0.05) is 17.7 Å². The zero-order valence-corrected chi connectivity index (χ0v) is 11.6. The Bertz CT molecular complexity index is 734. The maximum Gasteiger partial charge on any atom is 0.251 e. The van der Waals surface area contributed by atoms with Crippen molar-refractivity contribution in [2.24, 2.45) is 5.73 Å². The van der Waals surface area contributed by atoms with Crippen molar-refractivity contribution in [1.29, 1.82) is 0 Å². The Balaban J connectivity index is 2.64. The summed E-state index contributed by atoms with van der Waals surface area (Å²) in [5, 5.41) is 0.140. The molecule has 0 aliphatic heterocycles. The van der Waals surface area contributed by atoms with E-state index >= 15 is 0 Å². The normalized spacial score (nSPS) is 10.2. The number of rotatable bonds is 4. The van der Waals surface area contributed by atoms with Crippen LogP contribution in [0.4, 0.5) is 4.39 Å². The fraction of sp³-hybridized carbons (Fsp3) is 0.0714. The second-order valence-electron chi connectivity index (χ2n) is 4.06. The van der Waals surface area contributed by atoms with Crippen molar-refractivity contribution in [3.8, 4) is 5.75 Å². The van der Waals surface area contributed by atoms with Crippen molar-refractivity contribution in [2.45, 2.75) is 0 Å². The number of carbonyl (C=O) groups is 2. The van der Waals surface area contributed by atoms with Gasteiger partial charge < -0.3 is 10.5 Å². The molecule has 0 saturated carbocycles. The van der Waals surface area contributed by atoms with Crippen LogP contribution in [0.3, 0.4) is 0 Å². The van der Waals surface area contributed by atoms with Gasteiger partial charge in [0, 0.05) is 6.20 Å². The molecule has 0 aliphatic carbocycles. The summed E-state index contributed by atoms with van der Waals surface area (Å²) in [6, 6.07) is 5.14. The third-order valence-electron chi connectivity index (χ3n) is 2.76. The zero-order chi connectivity index (χ0) is 15.6. The lowest BCUT2D eigenvalue weighted by Crippen LogP contribution is -2.19. The molecular formula is C14H10ClFN2O3. The molecule has 0 bridgehead atoms. The highest BCUT2D eigenvalue weighted by Gasteiger charge is 2.24. The van der Waals surface area contributed by atoms with Gasteiger partial charge in [-0.3, -0.25) is 14.6 Å². The maximum absolute atomic E-state index is 13.9. The predicted octanol–water partition coefficient (Wildman–Crippen LogP) is 2.21. The molecule has 108 valence electrons. The minimum absolute atomic E-state index is 0.0344. The van der Waals surface area contributed by atoms with Crippen LogP contribution in [0, 0.1) is 5.82 Å². The molecule has 2 rings (SSSR count). The van der Waals surface area contributed by atoms with Crippen LogP contribution in [0.1, 0.15) is 26.4 Å². The fourth-order valence-electron chi connectivity index (χ4n) is 1.82. The second kappa shape index (κ2) is 5.88. The summed E-state index contributed by atoms with van der Waals surface area (Å²) in [5.74, 6) is -2.45. The largest absolute Gasteiger partial charge is 0.496 e. The minimum atomic E-state index is -0.886. The van der Waals surface area contributed by atoms with E-state index in [9.17, 15) is 14.0 Å². The molecule has 7 heteroatoms. The first kappa shape index (κ1) is 14.9. The first-order valence-electron chi connectivity index (χ1n) is 5.78. The van der Waals surface area contributed by atoms with Gasteiger partial charge in [-0.25, -0.2) is 4.39 Å². The highest BCUT2D eigenvalue weighted by Crippen LogP contribution is 2.25. The van der Waals surface area contributed by atoms with Crippen LogP contribution < -0.4 is 10.5 Å². The summed E-state index contributed by atoms with van der Waals surface area (Å²) in [7, 11) is 1.30. The van der Waals surface area contributed by atoms with Gasteiger partial charge in [0.15, 0.2) is 0 Å². The van der Waals surface area contributed by atoms with Crippen molar-refractivity contribution < 1.29 is 18.7 Å². The summed E-state index contributed by atoms with van der Waals surface area (Å²) < 4.78 is 18.9. The number of nitrogens with two attached hydrogens (primary N) is 1. The van der Waals surface area contributed by atoms with Crippen molar-refractivity contribution in [1.82, 2.24) is 4.98 Å². The van der Waals surface area contributed by atoms with Crippen molar-refractivity contribution >= 4 is 23.3 Å². The Hall–Kier alpha value is -2.47. The van der Waals surface area contributed by atoms with Crippen LogP contribution in [0.15, 0.2) is 30.5 Å². The van der Waals surface area contributed by atoms with Crippen molar-refractivity contribution in [2.75, 3.05) is 7.11 Å². The Morgan fingerprint density at radius 1 is 1.38 bits per heavy atom. The number of halogens is 2. The van der Waals surface area contributed by atoms with Gasteiger partial charge in [0.1, 0.15) is 22.8 Å². The van der Waals surface area contributed by atoms with Crippen LogP contribution in [0.25, 0.3) is 0 Å².